The number of esters is 1. The normalized spacial score (nSPS) is 10.0. The van der Waals surface area contributed by atoms with Crippen LogP contribution in [0.4, 0.5) is 0 Å². The van der Waals surface area contributed by atoms with E-state index >= 15 is 0 Å². The molecule has 0 saturated carbocycles. The lowest BCUT2D eigenvalue weighted by Crippen LogP contribution is -2.34. The van der Waals surface area contributed by atoms with Crippen LogP contribution in [-0.4, -0.2) is 32.1 Å². The monoisotopic (exact) mass is 343 g/mol. The van der Waals surface area contributed by atoms with E-state index in [1.54, 1.807) is 6.07 Å². The smallest absolute Gasteiger partial charge is 0.325 e. The van der Waals surface area contributed by atoms with Crippen LogP contribution in [0.15, 0.2) is 48.5 Å². The molecule has 0 aliphatic carbocycles. The predicted molar refractivity (Wildman–Crippen MR) is 92.5 cm³/mol. The first-order valence-corrected chi connectivity index (χ1v) is 7.82. The van der Waals surface area contributed by atoms with Gasteiger partial charge >= 0.3 is 5.97 Å². The third-order valence-corrected chi connectivity index (χ3v) is 3.35. The summed E-state index contributed by atoms with van der Waals surface area (Å²) in [4.78, 5) is 23.4. The van der Waals surface area contributed by atoms with E-state index in [-0.39, 0.29) is 19.8 Å². The maximum atomic E-state index is 11.8. The second-order valence-corrected chi connectivity index (χ2v) is 5.37. The molecule has 6 nitrogen and oxygen atoms in total. The maximum absolute atomic E-state index is 11.8. The molecule has 2 rings (SSSR count). The number of nitrogens with one attached hydrogen (secondary N) is 1. The van der Waals surface area contributed by atoms with E-state index < -0.39 is 11.9 Å². The molecule has 0 saturated heterocycles. The summed E-state index contributed by atoms with van der Waals surface area (Å²) < 4.78 is 15.7. The molecule has 0 atom stereocenters. The van der Waals surface area contributed by atoms with E-state index in [1.807, 2.05) is 49.4 Å². The fourth-order valence-electron chi connectivity index (χ4n) is 2.05. The number of rotatable bonds is 8. The number of amides is 1. The third-order valence-electron chi connectivity index (χ3n) is 3.35. The molecular weight excluding hydrogens is 322 g/mol. The lowest BCUT2D eigenvalue weighted by molar-refractivity contribution is -0.145. The molecule has 2 aromatic rings. The van der Waals surface area contributed by atoms with Gasteiger partial charge in [-0.25, -0.2) is 0 Å². The van der Waals surface area contributed by atoms with Crippen LogP contribution in [-0.2, 0) is 20.9 Å². The van der Waals surface area contributed by atoms with E-state index in [1.165, 1.54) is 7.11 Å². The standard InChI is InChI=1S/C19H21NO5/c1-14-8-9-16(17(10-14)23-2)24-13-18(21)20-11-19(22)25-12-15-6-4-3-5-7-15/h3-10H,11-13H2,1-2H3,(H,20,21). The van der Waals surface area contributed by atoms with E-state index in [2.05, 4.69) is 5.32 Å². The van der Waals surface area contributed by atoms with Crippen LogP contribution in [0.5, 0.6) is 11.5 Å². The fraction of sp³-hybridized carbons (Fsp3) is 0.263. The molecule has 0 unspecified atom stereocenters. The Labute approximate surface area is 146 Å². The highest BCUT2D eigenvalue weighted by Gasteiger charge is 2.10. The first-order chi connectivity index (χ1) is 12.1. The quantitative estimate of drug-likeness (QED) is 0.744. The van der Waals surface area contributed by atoms with E-state index in [0.29, 0.717) is 11.5 Å². The van der Waals surface area contributed by atoms with Crippen molar-refractivity contribution in [2.24, 2.45) is 0 Å². The maximum Gasteiger partial charge on any atom is 0.325 e. The average molecular weight is 343 g/mol. The van der Waals surface area contributed by atoms with Crippen LogP contribution in [0.3, 0.4) is 0 Å². The Morgan fingerprint density at radius 2 is 1.80 bits per heavy atom. The molecule has 2 aromatic carbocycles. The Morgan fingerprint density at radius 1 is 1.04 bits per heavy atom. The first-order valence-electron chi connectivity index (χ1n) is 7.82. The van der Waals surface area contributed by atoms with Gasteiger partial charge < -0.3 is 19.5 Å². The van der Waals surface area contributed by atoms with Crippen molar-refractivity contribution in [2.75, 3.05) is 20.3 Å². The predicted octanol–water partition coefficient (Wildman–Crippen LogP) is 2.24. The fourth-order valence-corrected chi connectivity index (χ4v) is 2.05. The van der Waals surface area contributed by atoms with Crippen molar-refractivity contribution in [3.05, 3.63) is 59.7 Å². The summed E-state index contributed by atoms with van der Waals surface area (Å²) in [6.45, 7) is 1.68. The second-order valence-electron chi connectivity index (χ2n) is 5.37. The molecule has 0 spiro atoms. The third kappa shape index (κ3) is 6.18. The van der Waals surface area contributed by atoms with Gasteiger partial charge in [-0.1, -0.05) is 36.4 Å². The molecule has 0 aliphatic rings. The lowest BCUT2D eigenvalue weighted by Gasteiger charge is -2.11. The largest absolute Gasteiger partial charge is 0.493 e. The summed E-state index contributed by atoms with van der Waals surface area (Å²) >= 11 is 0. The molecule has 0 heterocycles. The Balaban J connectivity index is 1.71. The second kappa shape index (κ2) is 9.32. The van der Waals surface area contributed by atoms with Crippen molar-refractivity contribution in [3.63, 3.8) is 0 Å². The van der Waals surface area contributed by atoms with Crippen molar-refractivity contribution in [2.45, 2.75) is 13.5 Å². The van der Waals surface area contributed by atoms with Crippen molar-refractivity contribution in [1.29, 1.82) is 0 Å². The molecule has 0 radical (unpaired) electrons. The molecule has 25 heavy (non-hydrogen) atoms. The van der Waals surface area contributed by atoms with Gasteiger partial charge in [-0.3, -0.25) is 9.59 Å². The zero-order valence-corrected chi connectivity index (χ0v) is 14.3. The zero-order valence-electron chi connectivity index (χ0n) is 14.3. The van der Waals surface area contributed by atoms with Gasteiger partial charge in [0, 0.05) is 0 Å². The number of methoxy groups -OCH3 is 1. The SMILES string of the molecule is COc1cc(C)ccc1OCC(=O)NCC(=O)OCc1ccccc1. The summed E-state index contributed by atoms with van der Waals surface area (Å²) in [5.41, 5.74) is 1.91. The van der Waals surface area contributed by atoms with Crippen molar-refractivity contribution >= 4 is 11.9 Å². The van der Waals surface area contributed by atoms with Crippen molar-refractivity contribution < 1.29 is 23.8 Å². The van der Waals surface area contributed by atoms with Gasteiger partial charge in [0.25, 0.3) is 5.91 Å². The number of aryl methyl sites for hydroxylation is 1. The lowest BCUT2D eigenvalue weighted by atomic mass is 10.2. The molecule has 132 valence electrons. The minimum Gasteiger partial charge on any atom is -0.493 e. The molecule has 0 aromatic heterocycles. The summed E-state index contributed by atoms with van der Waals surface area (Å²) in [6, 6.07) is 14.7. The highest BCUT2D eigenvalue weighted by molar-refractivity contribution is 5.82. The zero-order chi connectivity index (χ0) is 18.1. The van der Waals surface area contributed by atoms with Gasteiger partial charge in [-0.15, -0.1) is 0 Å². The van der Waals surface area contributed by atoms with E-state index in [4.69, 9.17) is 14.2 Å². The minimum atomic E-state index is -0.509. The number of hydrogen-bond acceptors (Lipinski definition) is 5. The molecule has 0 fully saturated rings. The van der Waals surface area contributed by atoms with Gasteiger partial charge in [0.15, 0.2) is 18.1 Å². The van der Waals surface area contributed by atoms with Gasteiger partial charge in [-0.05, 0) is 30.2 Å². The van der Waals surface area contributed by atoms with Gasteiger partial charge in [0.1, 0.15) is 13.2 Å². The van der Waals surface area contributed by atoms with E-state index in [9.17, 15) is 9.59 Å². The first kappa shape index (κ1) is 18.3. The van der Waals surface area contributed by atoms with Crippen LogP contribution in [0.1, 0.15) is 11.1 Å². The van der Waals surface area contributed by atoms with Gasteiger partial charge in [-0.2, -0.15) is 0 Å². The number of benzene rings is 2. The minimum absolute atomic E-state index is 0.173. The van der Waals surface area contributed by atoms with Gasteiger partial charge in [0.05, 0.1) is 7.11 Å². The van der Waals surface area contributed by atoms with Crippen LogP contribution >= 0.6 is 0 Å². The van der Waals surface area contributed by atoms with Crippen LogP contribution in [0.2, 0.25) is 0 Å². The average Bonchev–Trinajstić information content (AvgIpc) is 2.64. The number of hydrogen-bond donors (Lipinski definition) is 1. The molecule has 0 aliphatic heterocycles. The van der Waals surface area contributed by atoms with Crippen LogP contribution in [0.25, 0.3) is 0 Å². The van der Waals surface area contributed by atoms with Crippen LogP contribution < -0.4 is 14.8 Å². The van der Waals surface area contributed by atoms with Crippen molar-refractivity contribution in [3.8, 4) is 11.5 Å². The van der Waals surface area contributed by atoms with Crippen LogP contribution in [0, 0.1) is 6.92 Å². The molecule has 1 amide bonds. The number of ether oxygens (including phenoxy) is 3. The topological polar surface area (TPSA) is 73.9 Å². The number of carbonyl (C=O) groups is 2. The van der Waals surface area contributed by atoms with E-state index in [0.717, 1.165) is 11.1 Å². The Bertz CT molecular complexity index is 715. The summed E-state index contributed by atoms with van der Waals surface area (Å²) in [5.74, 6) is 0.0920. The Kier molecular flexibility index (Phi) is 6.83. The highest BCUT2D eigenvalue weighted by Crippen LogP contribution is 2.27. The number of carbonyl (C=O) groups excluding carboxylic acids is 2. The summed E-state index contributed by atoms with van der Waals surface area (Å²) in [7, 11) is 1.53. The van der Waals surface area contributed by atoms with Crippen molar-refractivity contribution in [1.82, 2.24) is 5.32 Å². The molecule has 0 bridgehead atoms. The highest BCUT2D eigenvalue weighted by atomic mass is 16.5. The van der Waals surface area contributed by atoms with Gasteiger partial charge in [0.2, 0.25) is 0 Å². The Hall–Kier alpha value is -3.02. The summed E-state index contributed by atoms with van der Waals surface area (Å²) in [6.07, 6.45) is 0. The molecule has 6 heteroatoms. The molecular formula is C19H21NO5. The Morgan fingerprint density at radius 3 is 2.52 bits per heavy atom. The molecule has 1 N–H and O–H groups in total. The summed E-state index contributed by atoms with van der Waals surface area (Å²) in [5, 5.41) is 2.46.